The van der Waals surface area contributed by atoms with Crippen LogP contribution in [-0.2, 0) is 6.54 Å². The third kappa shape index (κ3) is 1.43. The first-order valence-electron chi connectivity index (χ1n) is 4.35. The molecule has 0 saturated heterocycles. The van der Waals surface area contributed by atoms with E-state index in [1.165, 1.54) is 10.9 Å². The fourth-order valence-electron chi connectivity index (χ4n) is 1.44. The smallest absolute Gasteiger partial charge is 0.0837 e. The van der Waals surface area contributed by atoms with Crippen molar-refractivity contribution in [1.29, 1.82) is 0 Å². The van der Waals surface area contributed by atoms with Crippen molar-refractivity contribution in [3.8, 4) is 11.8 Å². The number of fused-ring (bicyclic) bond motifs is 1. The van der Waals surface area contributed by atoms with Crippen LogP contribution in [0.2, 0.25) is 0 Å². The fourth-order valence-corrected chi connectivity index (χ4v) is 1.44. The van der Waals surface area contributed by atoms with E-state index in [0.29, 0.717) is 0 Å². The molecule has 0 saturated carbocycles. The van der Waals surface area contributed by atoms with Gasteiger partial charge in [0, 0.05) is 11.7 Å². The second-order valence-corrected chi connectivity index (χ2v) is 2.93. The van der Waals surface area contributed by atoms with E-state index in [2.05, 4.69) is 52.9 Å². The van der Waals surface area contributed by atoms with Gasteiger partial charge in [-0.05, 0) is 24.4 Å². The van der Waals surface area contributed by atoms with Gasteiger partial charge in [0.1, 0.15) is 0 Å². The molecule has 1 aromatic carbocycles. The van der Waals surface area contributed by atoms with E-state index in [0.717, 1.165) is 6.54 Å². The Bertz CT molecular complexity index is 468. The van der Waals surface area contributed by atoms with E-state index in [4.69, 9.17) is 0 Å². The second kappa shape index (κ2) is 3.37. The maximum atomic E-state index is 3.06. The summed E-state index contributed by atoms with van der Waals surface area (Å²) in [5, 5.41) is 1.28. The SMILES string of the molecule is CC#CCn1ccc2ccccc21. The maximum Gasteiger partial charge on any atom is 0.0837 e. The summed E-state index contributed by atoms with van der Waals surface area (Å²) in [5.41, 5.74) is 1.25. The number of nitrogens with zero attached hydrogens (tertiary/aromatic N) is 1. The molecule has 0 radical (unpaired) electrons. The first-order chi connectivity index (χ1) is 6.42. The molecular formula is C12H11N. The highest BCUT2D eigenvalue weighted by atomic mass is 14.9. The Hall–Kier alpha value is -1.68. The maximum absolute atomic E-state index is 3.06. The molecule has 1 nitrogen and oxygen atoms in total. The van der Waals surface area contributed by atoms with Crippen LogP contribution in [0.25, 0.3) is 10.9 Å². The lowest BCUT2D eigenvalue weighted by Gasteiger charge is -1.98. The lowest BCUT2D eigenvalue weighted by atomic mass is 10.2. The molecule has 64 valence electrons. The molecule has 0 spiro atoms. The van der Waals surface area contributed by atoms with Crippen molar-refractivity contribution in [2.75, 3.05) is 0 Å². The molecule has 0 atom stereocenters. The molecule has 1 heteroatoms. The second-order valence-electron chi connectivity index (χ2n) is 2.93. The Labute approximate surface area is 78.0 Å². The number of hydrogen-bond acceptors (Lipinski definition) is 0. The minimum Gasteiger partial charge on any atom is -0.336 e. The summed E-state index contributed by atoms with van der Waals surface area (Å²) in [6.45, 7) is 2.65. The van der Waals surface area contributed by atoms with E-state index in [1.807, 2.05) is 6.92 Å². The van der Waals surface area contributed by atoms with Crippen LogP contribution in [0.5, 0.6) is 0 Å². The molecule has 2 aromatic rings. The molecule has 0 aliphatic rings. The molecule has 0 bridgehead atoms. The molecule has 0 N–H and O–H groups in total. The molecule has 0 unspecified atom stereocenters. The van der Waals surface area contributed by atoms with Gasteiger partial charge in [-0.3, -0.25) is 0 Å². The summed E-state index contributed by atoms with van der Waals surface area (Å²) < 4.78 is 2.16. The van der Waals surface area contributed by atoms with Gasteiger partial charge >= 0.3 is 0 Å². The van der Waals surface area contributed by atoms with Gasteiger partial charge in [0.15, 0.2) is 0 Å². The van der Waals surface area contributed by atoms with Crippen molar-refractivity contribution in [2.24, 2.45) is 0 Å². The zero-order chi connectivity index (χ0) is 9.10. The summed E-state index contributed by atoms with van der Waals surface area (Å²) in [4.78, 5) is 0. The predicted molar refractivity (Wildman–Crippen MR) is 55.4 cm³/mol. The minimum atomic E-state index is 0.782. The quantitative estimate of drug-likeness (QED) is 0.578. The molecule has 13 heavy (non-hydrogen) atoms. The van der Waals surface area contributed by atoms with Gasteiger partial charge in [0.05, 0.1) is 6.54 Å². The average molecular weight is 169 g/mol. The minimum absolute atomic E-state index is 0.782. The number of aromatic nitrogens is 1. The standard InChI is InChI=1S/C12H11N/c1-2-3-9-13-10-8-11-6-4-5-7-12(11)13/h4-8,10H,9H2,1H3. The Morgan fingerprint density at radius 1 is 1.23 bits per heavy atom. The van der Waals surface area contributed by atoms with Crippen LogP contribution in [0.3, 0.4) is 0 Å². The molecule has 1 heterocycles. The Balaban J connectivity index is 2.49. The highest BCUT2D eigenvalue weighted by molar-refractivity contribution is 5.79. The van der Waals surface area contributed by atoms with Crippen LogP contribution in [0, 0.1) is 11.8 Å². The van der Waals surface area contributed by atoms with Crippen molar-refractivity contribution in [2.45, 2.75) is 13.5 Å². The van der Waals surface area contributed by atoms with Crippen molar-refractivity contribution < 1.29 is 0 Å². The van der Waals surface area contributed by atoms with Crippen molar-refractivity contribution in [3.05, 3.63) is 36.5 Å². The number of rotatable bonds is 1. The number of para-hydroxylation sites is 1. The Morgan fingerprint density at radius 2 is 2.08 bits per heavy atom. The van der Waals surface area contributed by atoms with Gasteiger partial charge in [-0.25, -0.2) is 0 Å². The highest BCUT2D eigenvalue weighted by Gasteiger charge is 1.96. The van der Waals surface area contributed by atoms with E-state index in [1.54, 1.807) is 0 Å². The largest absolute Gasteiger partial charge is 0.336 e. The van der Waals surface area contributed by atoms with Gasteiger partial charge in [-0.2, -0.15) is 0 Å². The Morgan fingerprint density at radius 3 is 2.92 bits per heavy atom. The summed E-state index contributed by atoms with van der Waals surface area (Å²) in [6.07, 6.45) is 2.08. The van der Waals surface area contributed by atoms with Crippen LogP contribution >= 0.6 is 0 Å². The molecule has 0 fully saturated rings. The summed E-state index contributed by atoms with van der Waals surface area (Å²) in [7, 11) is 0. The van der Waals surface area contributed by atoms with Crippen LogP contribution in [-0.4, -0.2) is 4.57 Å². The molecule has 1 aromatic heterocycles. The first kappa shape index (κ1) is 7.94. The average Bonchev–Trinajstić information content (AvgIpc) is 2.58. The molecular weight excluding hydrogens is 158 g/mol. The number of hydrogen-bond donors (Lipinski definition) is 0. The predicted octanol–water partition coefficient (Wildman–Crippen LogP) is 2.66. The molecule has 0 amide bonds. The van der Waals surface area contributed by atoms with Gasteiger partial charge < -0.3 is 4.57 Å². The van der Waals surface area contributed by atoms with Gasteiger partial charge in [-0.1, -0.05) is 24.1 Å². The summed E-state index contributed by atoms with van der Waals surface area (Å²) in [6, 6.07) is 10.5. The van der Waals surface area contributed by atoms with Gasteiger partial charge in [0.25, 0.3) is 0 Å². The van der Waals surface area contributed by atoms with Crippen molar-refractivity contribution in [1.82, 2.24) is 4.57 Å². The van der Waals surface area contributed by atoms with Crippen LogP contribution < -0.4 is 0 Å². The van der Waals surface area contributed by atoms with E-state index in [9.17, 15) is 0 Å². The van der Waals surface area contributed by atoms with Gasteiger partial charge in [-0.15, -0.1) is 5.92 Å². The summed E-state index contributed by atoms with van der Waals surface area (Å²) in [5.74, 6) is 5.96. The lowest BCUT2D eigenvalue weighted by molar-refractivity contribution is 0.885. The van der Waals surface area contributed by atoms with E-state index in [-0.39, 0.29) is 0 Å². The van der Waals surface area contributed by atoms with Crippen LogP contribution in [0.1, 0.15) is 6.92 Å². The van der Waals surface area contributed by atoms with Gasteiger partial charge in [0.2, 0.25) is 0 Å². The number of benzene rings is 1. The topological polar surface area (TPSA) is 4.93 Å². The zero-order valence-electron chi connectivity index (χ0n) is 7.62. The third-order valence-electron chi connectivity index (χ3n) is 2.11. The Kier molecular flexibility index (Phi) is 2.06. The molecule has 2 rings (SSSR count). The van der Waals surface area contributed by atoms with Crippen molar-refractivity contribution in [3.63, 3.8) is 0 Å². The summed E-state index contributed by atoms with van der Waals surface area (Å²) >= 11 is 0. The van der Waals surface area contributed by atoms with Crippen LogP contribution in [0.4, 0.5) is 0 Å². The molecule has 0 aliphatic heterocycles. The molecule has 0 aliphatic carbocycles. The normalized spacial score (nSPS) is 9.62. The zero-order valence-corrected chi connectivity index (χ0v) is 7.62. The monoisotopic (exact) mass is 169 g/mol. The third-order valence-corrected chi connectivity index (χ3v) is 2.11. The lowest BCUT2D eigenvalue weighted by Crippen LogP contribution is -1.91. The fraction of sp³-hybridized carbons (Fsp3) is 0.167. The van der Waals surface area contributed by atoms with Crippen molar-refractivity contribution >= 4 is 10.9 Å². The highest BCUT2D eigenvalue weighted by Crippen LogP contribution is 2.14. The van der Waals surface area contributed by atoms with Crippen LogP contribution in [0.15, 0.2) is 36.5 Å². The van der Waals surface area contributed by atoms with E-state index >= 15 is 0 Å². The first-order valence-corrected chi connectivity index (χ1v) is 4.35. The van der Waals surface area contributed by atoms with E-state index < -0.39 is 0 Å².